The number of ether oxygens (including phenoxy) is 1. The number of aliphatic hydroxyl groups excluding tert-OH is 1. The molecule has 1 unspecified atom stereocenters. The molecule has 5 nitrogen and oxygen atoms in total. The van der Waals surface area contributed by atoms with E-state index in [0.29, 0.717) is 11.6 Å². The van der Waals surface area contributed by atoms with Crippen molar-refractivity contribution >= 4 is 17.2 Å². The van der Waals surface area contributed by atoms with E-state index >= 15 is 0 Å². The first-order chi connectivity index (χ1) is 11.0. The number of likely N-dealkylation sites (N-methyl/N-ethyl adjacent to an activating group) is 1. The second kappa shape index (κ2) is 7.57. The molecule has 1 N–H and O–H groups in total. The molecular formula is C17H22N2O3S. The SMILES string of the molecule is COc1ccc(C(CO)N(C)C(=O)c2csc(C(C)C)n2)cc1. The number of rotatable bonds is 6. The highest BCUT2D eigenvalue weighted by molar-refractivity contribution is 7.09. The van der Waals surface area contributed by atoms with E-state index in [0.717, 1.165) is 16.3 Å². The number of carbonyl (C=O) groups is 1. The Bertz CT molecular complexity index is 652. The van der Waals surface area contributed by atoms with Crippen LogP contribution >= 0.6 is 11.3 Å². The van der Waals surface area contributed by atoms with Gasteiger partial charge >= 0.3 is 0 Å². The highest BCUT2D eigenvalue weighted by atomic mass is 32.1. The Balaban J connectivity index is 2.20. The lowest BCUT2D eigenvalue weighted by molar-refractivity contribution is 0.0653. The summed E-state index contributed by atoms with van der Waals surface area (Å²) < 4.78 is 5.13. The van der Waals surface area contributed by atoms with E-state index in [1.807, 2.05) is 38.1 Å². The maximum absolute atomic E-state index is 12.6. The highest BCUT2D eigenvalue weighted by Gasteiger charge is 2.24. The lowest BCUT2D eigenvalue weighted by Crippen LogP contribution is -2.33. The predicted octanol–water partition coefficient (Wildman–Crippen LogP) is 3.08. The first kappa shape index (κ1) is 17.4. The van der Waals surface area contributed by atoms with E-state index in [9.17, 15) is 9.90 Å². The number of hydrogen-bond acceptors (Lipinski definition) is 5. The van der Waals surface area contributed by atoms with Crippen molar-refractivity contribution in [3.63, 3.8) is 0 Å². The second-order valence-corrected chi connectivity index (χ2v) is 6.50. The molecule has 6 heteroatoms. The predicted molar refractivity (Wildman–Crippen MR) is 91.1 cm³/mol. The molecule has 0 aliphatic heterocycles. The summed E-state index contributed by atoms with van der Waals surface area (Å²) in [6.45, 7) is 3.94. The lowest BCUT2D eigenvalue weighted by atomic mass is 10.1. The smallest absolute Gasteiger partial charge is 0.273 e. The van der Waals surface area contributed by atoms with Crippen molar-refractivity contribution < 1.29 is 14.6 Å². The van der Waals surface area contributed by atoms with Gasteiger partial charge in [0, 0.05) is 18.3 Å². The van der Waals surface area contributed by atoms with Gasteiger partial charge in [0.2, 0.25) is 0 Å². The standard InChI is InChI=1S/C17H22N2O3S/c1-11(2)16-18-14(10-23-16)17(21)19(3)15(9-20)12-5-7-13(22-4)8-6-12/h5-8,10-11,15,20H,9H2,1-4H3. The van der Waals surface area contributed by atoms with Gasteiger partial charge < -0.3 is 14.7 Å². The van der Waals surface area contributed by atoms with Gasteiger partial charge in [0.25, 0.3) is 5.91 Å². The lowest BCUT2D eigenvalue weighted by Gasteiger charge is -2.26. The van der Waals surface area contributed by atoms with Gasteiger partial charge in [0.15, 0.2) is 0 Å². The number of amides is 1. The van der Waals surface area contributed by atoms with Crippen molar-refractivity contribution in [2.24, 2.45) is 0 Å². The number of carbonyl (C=O) groups excluding carboxylic acids is 1. The van der Waals surface area contributed by atoms with Crippen LogP contribution in [0.3, 0.4) is 0 Å². The summed E-state index contributed by atoms with van der Waals surface area (Å²) in [5.74, 6) is 0.839. The van der Waals surface area contributed by atoms with Gasteiger partial charge in [0.1, 0.15) is 11.4 Å². The molecule has 1 atom stereocenters. The Labute approximate surface area is 140 Å². The first-order valence-corrected chi connectivity index (χ1v) is 8.33. The first-order valence-electron chi connectivity index (χ1n) is 7.45. The van der Waals surface area contributed by atoms with Crippen molar-refractivity contribution in [2.45, 2.75) is 25.8 Å². The Morgan fingerprint density at radius 3 is 2.48 bits per heavy atom. The molecule has 1 amide bonds. The van der Waals surface area contributed by atoms with E-state index in [2.05, 4.69) is 4.98 Å². The van der Waals surface area contributed by atoms with Gasteiger partial charge in [-0.15, -0.1) is 11.3 Å². The summed E-state index contributed by atoms with van der Waals surface area (Å²) in [5.41, 5.74) is 1.27. The summed E-state index contributed by atoms with van der Waals surface area (Å²) in [6.07, 6.45) is 0. The molecule has 2 rings (SSSR count). The van der Waals surface area contributed by atoms with Crippen LogP contribution in [-0.4, -0.2) is 41.7 Å². The number of methoxy groups -OCH3 is 1. The molecule has 23 heavy (non-hydrogen) atoms. The minimum Gasteiger partial charge on any atom is -0.497 e. The van der Waals surface area contributed by atoms with Crippen LogP contribution in [0, 0.1) is 0 Å². The van der Waals surface area contributed by atoms with Crippen LogP contribution in [0.25, 0.3) is 0 Å². The Hall–Kier alpha value is -1.92. The van der Waals surface area contributed by atoms with Gasteiger partial charge in [-0.1, -0.05) is 26.0 Å². The van der Waals surface area contributed by atoms with Crippen molar-refractivity contribution in [1.29, 1.82) is 0 Å². The zero-order valence-electron chi connectivity index (χ0n) is 13.8. The van der Waals surface area contributed by atoms with Crippen LogP contribution in [0.4, 0.5) is 0 Å². The summed E-state index contributed by atoms with van der Waals surface area (Å²) in [7, 11) is 3.28. The topological polar surface area (TPSA) is 62.7 Å². The van der Waals surface area contributed by atoms with Gasteiger partial charge in [-0.25, -0.2) is 4.98 Å². The molecule has 1 heterocycles. The second-order valence-electron chi connectivity index (χ2n) is 5.61. The van der Waals surface area contributed by atoms with E-state index < -0.39 is 6.04 Å². The molecule has 0 saturated heterocycles. The molecule has 0 saturated carbocycles. The largest absolute Gasteiger partial charge is 0.497 e. The molecule has 0 fully saturated rings. The number of nitrogens with zero attached hydrogens (tertiary/aromatic N) is 2. The molecule has 0 radical (unpaired) electrons. The van der Waals surface area contributed by atoms with Gasteiger partial charge in [-0.05, 0) is 17.7 Å². The van der Waals surface area contributed by atoms with Crippen LogP contribution in [0.1, 0.15) is 46.9 Å². The quantitative estimate of drug-likeness (QED) is 0.882. The summed E-state index contributed by atoms with van der Waals surface area (Å²) >= 11 is 1.49. The summed E-state index contributed by atoms with van der Waals surface area (Å²) in [6, 6.07) is 6.91. The van der Waals surface area contributed by atoms with Crippen LogP contribution in [-0.2, 0) is 0 Å². The highest BCUT2D eigenvalue weighted by Crippen LogP contribution is 2.25. The minimum absolute atomic E-state index is 0.157. The van der Waals surface area contributed by atoms with Crippen LogP contribution in [0.2, 0.25) is 0 Å². The molecule has 124 valence electrons. The Morgan fingerprint density at radius 1 is 1.35 bits per heavy atom. The minimum atomic E-state index is -0.419. The normalized spacial score (nSPS) is 12.3. The average Bonchev–Trinajstić information content (AvgIpc) is 3.05. The third-order valence-corrected chi connectivity index (χ3v) is 4.84. The van der Waals surface area contributed by atoms with Crippen molar-refractivity contribution in [3.8, 4) is 5.75 Å². The van der Waals surface area contributed by atoms with E-state index in [1.165, 1.54) is 16.2 Å². The van der Waals surface area contributed by atoms with Crippen LogP contribution in [0.5, 0.6) is 5.75 Å². The molecule has 1 aromatic heterocycles. The fourth-order valence-corrected chi connectivity index (χ4v) is 3.06. The van der Waals surface area contributed by atoms with Crippen molar-refractivity contribution in [1.82, 2.24) is 9.88 Å². The van der Waals surface area contributed by atoms with E-state index in [1.54, 1.807) is 19.5 Å². The molecule has 2 aromatic rings. The average molecular weight is 334 g/mol. The molecule has 1 aromatic carbocycles. The Kier molecular flexibility index (Phi) is 5.74. The zero-order chi connectivity index (χ0) is 17.0. The zero-order valence-corrected chi connectivity index (χ0v) is 14.6. The number of thiazole rings is 1. The van der Waals surface area contributed by atoms with Gasteiger partial charge in [-0.3, -0.25) is 4.79 Å². The monoisotopic (exact) mass is 334 g/mol. The number of aliphatic hydroxyl groups is 1. The number of benzene rings is 1. The maximum atomic E-state index is 12.6. The van der Waals surface area contributed by atoms with Gasteiger partial charge in [-0.2, -0.15) is 0 Å². The van der Waals surface area contributed by atoms with Crippen molar-refractivity contribution in [2.75, 3.05) is 20.8 Å². The third kappa shape index (κ3) is 3.89. The summed E-state index contributed by atoms with van der Waals surface area (Å²) in [4.78, 5) is 18.5. The Morgan fingerprint density at radius 2 is 2.00 bits per heavy atom. The fourth-order valence-electron chi connectivity index (χ4n) is 2.25. The van der Waals surface area contributed by atoms with Gasteiger partial charge in [0.05, 0.1) is 24.8 Å². The molecular weight excluding hydrogens is 312 g/mol. The van der Waals surface area contributed by atoms with Crippen LogP contribution < -0.4 is 4.74 Å². The molecule has 0 spiro atoms. The third-order valence-electron chi connectivity index (χ3n) is 3.70. The van der Waals surface area contributed by atoms with Crippen molar-refractivity contribution in [3.05, 3.63) is 45.9 Å². The van der Waals surface area contributed by atoms with E-state index in [-0.39, 0.29) is 12.5 Å². The fraction of sp³-hybridized carbons (Fsp3) is 0.412. The molecule has 0 bridgehead atoms. The van der Waals surface area contributed by atoms with E-state index in [4.69, 9.17) is 4.74 Å². The molecule has 0 aliphatic carbocycles. The number of hydrogen-bond donors (Lipinski definition) is 1. The number of aromatic nitrogens is 1. The van der Waals surface area contributed by atoms with Crippen LogP contribution in [0.15, 0.2) is 29.6 Å². The summed E-state index contributed by atoms with van der Waals surface area (Å²) in [5, 5.41) is 12.4. The molecule has 0 aliphatic rings. The maximum Gasteiger partial charge on any atom is 0.273 e.